The van der Waals surface area contributed by atoms with Crippen LogP contribution in [0.4, 0.5) is 0 Å². The van der Waals surface area contributed by atoms with E-state index in [4.69, 9.17) is 18.9 Å². The Balaban J connectivity index is 2.62. The number of benzene rings is 3. The van der Waals surface area contributed by atoms with Gasteiger partial charge in [-0.1, -0.05) is 12.1 Å². The van der Waals surface area contributed by atoms with Gasteiger partial charge in [-0.25, -0.2) is 0 Å². The van der Waals surface area contributed by atoms with Crippen LogP contribution in [0.2, 0.25) is 0 Å². The van der Waals surface area contributed by atoms with Crippen molar-refractivity contribution < 1.29 is 23.7 Å². The second-order valence-electron chi connectivity index (χ2n) is 5.21. The number of fused-ring (bicyclic) bond motifs is 2. The highest BCUT2D eigenvalue weighted by Crippen LogP contribution is 2.46. The minimum absolute atomic E-state index is 0.415. The van der Waals surface area contributed by atoms with Crippen LogP contribution in [0.1, 0.15) is 10.4 Å². The van der Waals surface area contributed by atoms with E-state index >= 15 is 0 Å². The van der Waals surface area contributed by atoms with Crippen LogP contribution < -0.4 is 18.9 Å². The molecule has 0 saturated heterocycles. The number of aldehydes is 1. The molecule has 0 aliphatic heterocycles. The maximum Gasteiger partial charge on any atom is 0.153 e. The van der Waals surface area contributed by atoms with Gasteiger partial charge in [0.2, 0.25) is 0 Å². The monoisotopic (exact) mass is 326 g/mol. The smallest absolute Gasteiger partial charge is 0.153 e. The first kappa shape index (κ1) is 15.9. The van der Waals surface area contributed by atoms with Crippen LogP contribution in [0.5, 0.6) is 23.0 Å². The summed E-state index contributed by atoms with van der Waals surface area (Å²) >= 11 is 0. The van der Waals surface area contributed by atoms with Crippen LogP contribution in [-0.4, -0.2) is 34.7 Å². The molecule has 3 rings (SSSR count). The first-order chi connectivity index (χ1) is 11.7. The molecule has 5 nitrogen and oxygen atoms in total. The molecule has 5 heteroatoms. The van der Waals surface area contributed by atoms with Crippen molar-refractivity contribution in [1.29, 1.82) is 0 Å². The summed E-state index contributed by atoms with van der Waals surface area (Å²) in [7, 11) is 6.32. The lowest BCUT2D eigenvalue weighted by Crippen LogP contribution is -1.98. The molecule has 0 amide bonds. The predicted octanol–water partition coefficient (Wildman–Crippen LogP) is 3.84. The highest BCUT2D eigenvalue weighted by molar-refractivity contribution is 6.13. The molecule has 0 aliphatic rings. The van der Waals surface area contributed by atoms with Gasteiger partial charge in [0.05, 0.1) is 39.4 Å². The fraction of sp³-hybridized carbons (Fsp3) is 0.211. The largest absolute Gasteiger partial charge is 0.496 e. The van der Waals surface area contributed by atoms with Crippen molar-refractivity contribution in [3.63, 3.8) is 0 Å². The number of hydrogen-bond donors (Lipinski definition) is 0. The number of hydrogen-bond acceptors (Lipinski definition) is 5. The fourth-order valence-electron chi connectivity index (χ4n) is 3.09. The average Bonchev–Trinajstić information content (AvgIpc) is 2.64. The number of ether oxygens (including phenoxy) is 4. The Morgan fingerprint density at radius 3 is 2.04 bits per heavy atom. The van der Waals surface area contributed by atoms with Gasteiger partial charge in [-0.15, -0.1) is 0 Å². The summed E-state index contributed by atoms with van der Waals surface area (Å²) in [5.74, 6) is 2.39. The van der Waals surface area contributed by atoms with E-state index in [2.05, 4.69) is 0 Å². The summed E-state index contributed by atoms with van der Waals surface area (Å²) in [6, 6.07) is 9.32. The molecule has 0 atom stereocenters. The van der Waals surface area contributed by atoms with E-state index in [0.29, 0.717) is 28.6 Å². The first-order valence-electron chi connectivity index (χ1n) is 7.37. The molecule has 0 spiro atoms. The molecule has 0 N–H and O–H groups in total. The molecule has 24 heavy (non-hydrogen) atoms. The third kappa shape index (κ3) is 2.21. The highest BCUT2D eigenvalue weighted by Gasteiger charge is 2.20. The van der Waals surface area contributed by atoms with Crippen LogP contribution in [0.3, 0.4) is 0 Å². The summed E-state index contributed by atoms with van der Waals surface area (Å²) in [6.07, 6.45) is 0.750. The van der Waals surface area contributed by atoms with Gasteiger partial charge < -0.3 is 18.9 Å². The van der Waals surface area contributed by atoms with Gasteiger partial charge in [0.15, 0.2) is 6.29 Å². The number of carbonyl (C=O) groups excluding carboxylic acids is 1. The maximum absolute atomic E-state index is 11.4. The van der Waals surface area contributed by atoms with Gasteiger partial charge >= 0.3 is 0 Å². The van der Waals surface area contributed by atoms with Crippen LogP contribution in [0.15, 0.2) is 30.3 Å². The van der Waals surface area contributed by atoms with Crippen molar-refractivity contribution >= 4 is 27.8 Å². The van der Waals surface area contributed by atoms with Crippen molar-refractivity contribution in [2.24, 2.45) is 0 Å². The van der Waals surface area contributed by atoms with Crippen molar-refractivity contribution in [3.8, 4) is 23.0 Å². The van der Waals surface area contributed by atoms with E-state index in [0.717, 1.165) is 27.8 Å². The minimum atomic E-state index is 0.415. The number of rotatable bonds is 5. The van der Waals surface area contributed by atoms with E-state index < -0.39 is 0 Å². The normalized spacial score (nSPS) is 10.7. The van der Waals surface area contributed by atoms with E-state index in [1.807, 2.05) is 24.3 Å². The molecule has 3 aromatic rings. The van der Waals surface area contributed by atoms with Crippen molar-refractivity contribution in [2.75, 3.05) is 28.4 Å². The first-order valence-corrected chi connectivity index (χ1v) is 7.37. The van der Waals surface area contributed by atoms with Crippen LogP contribution in [0.25, 0.3) is 21.5 Å². The Morgan fingerprint density at radius 1 is 0.750 bits per heavy atom. The molecule has 0 heterocycles. The Hall–Kier alpha value is -2.95. The molecule has 0 fully saturated rings. The molecule has 3 aromatic carbocycles. The van der Waals surface area contributed by atoms with Crippen molar-refractivity contribution in [2.45, 2.75) is 0 Å². The van der Waals surface area contributed by atoms with E-state index in [1.54, 1.807) is 27.4 Å². The van der Waals surface area contributed by atoms with Crippen molar-refractivity contribution in [1.82, 2.24) is 0 Å². The molecule has 0 unspecified atom stereocenters. The van der Waals surface area contributed by atoms with E-state index in [1.165, 1.54) is 7.11 Å². The van der Waals surface area contributed by atoms with Crippen LogP contribution in [0, 0.1) is 0 Å². The van der Waals surface area contributed by atoms with E-state index in [9.17, 15) is 4.79 Å². The average molecular weight is 326 g/mol. The standard InChI is InChI=1S/C19H18O5/c1-21-15-7-5-6-12-13(15)9-14-17(19(12)24-4)16(22-2)8-11(10-20)18(14)23-3/h5-10H,1-4H3. The Kier molecular flexibility index (Phi) is 4.16. The molecular weight excluding hydrogens is 308 g/mol. The summed E-state index contributed by atoms with van der Waals surface area (Å²) in [5.41, 5.74) is 0.415. The molecule has 0 saturated carbocycles. The summed E-state index contributed by atoms with van der Waals surface area (Å²) in [6.45, 7) is 0. The van der Waals surface area contributed by atoms with Gasteiger partial charge in [0.25, 0.3) is 0 Å². The topological polar surface area (TPSA) is 54.0 Å². The van der Waals surface area contributed by atoms with Crippen LogP contribution in [-0.2, 0) is 0 Å². The van der Waals surface area contributed by atoms with Gasteiger partial charge in [-0.2, -0.15) is 0 Å². The number of carbonyl (C=O) groups is 1. The third-order valence-electron chi connectivity index (χ3n) is 4.11. The zero-order chi connectivity index (χ0) is 17.3. The summed E-state index contributed by atoms with van der Waals surface area (Å²) in [4.78, 5) is 11.4. The third-order valence-corrected chi connectivity index (χ3v) is 4.11. The maximum atomic E-state index is 11.4. The fourth-order valence-corrected chi connectivity index (χ4v) is 3.09. The lowest BCUT2D eigenvalue weighted by atomic mass is 9.98. The molecule has 0 aromatic heterocycles. The molecule has 0 bridgehead atoms. The Morgan fingerprint density at radius 2 is 1.46 bits per heavy atom. The predicted molar refractivity (Wildman–Crippen MR) is 93.0 cm³/mol. The van der Waals surface area contributed by atoms with Crippen LogP contribution >= 0.6 is 0 Å². The minimum Gasteiger partial charge on any atom is -0.496 e. The zero-order valence-corrected chi connectivity index (χ0v) is 14.0. The molecule has 124 valence electrons. The Labute approximate surface area is 139 Å². The van der Waals surface area contributed by atoms with Crippen molar-refractivity contribution in [3.05, 3.63) is 35.9 Å². The molecule has 0 radical (unpaired) electrons. The molecule has 0 aliphatic carbocycles. The van der Waals surface area contributed by atoms with Gasteiger partial charge in [0.1, 0.15) is 23.0 Å². The summed E-state index contributed by atoms with van der Waals surface area (Å²) in [5, 5.41) is 3.24. The second kappa shape index (κ2) is 6.28. The zero-order valence-electron chi connectivity index (χ0n) is 14.0. The lowest BCUT2D eigenvalue weighted by Gasteiger charge is -2.18. The van der Waals surface area contributed by atoms with Gasteiger partial charge in [-0.3, -0.25) is 4.79 Å². The van der Waals surface area contributed by atoms with E-state index in [-0.39, 0.29) is 0 Å². The van der Waals surface area contributed by atoms with Gasteiger partial charge in [0, 0.05) is 16.2 Å². The SMILES string of the molecule is COc1cccc2c(OC)c3c(OC)cc(C=O)c(OC)c3cc12. The highest BCUT2D eigenvalue weighted by atomic mass is 16.5. The second-order valence-corrected chi connectivity index (χ2v) is 5.21. The van der Waals surface area contributed by atoms with Gasteiger partial charge in [-0.05, 0) is 18.2 Å². The molecular formula is C19H18O5. The quantitative estimate of drug-likeness (QED) is 0.527. The Bertz CT molecular complexity index is 930. The number of methoxy groups -OCH3 is 4. The summed E-state index contributed by atoms with van der Waals surface area (Å²) < 4.78 is 22.1. The lowest BCUT2D eigenvalue weighted by molar-refractivity contribution is 0.112.